The van der Waals surface area contributed by atoms with Crippen molar-refractivity contribution in [1.82, 2.24) is 0 Å². The lowest BCUT2D eigenvalue weighted by Crippen LogP contribution is -2.34. The quantitative estimate of drug-likeness (QED) is 0.573. The maximum absolute atomic E-state index is 13.1. The minimum absolute atomic E-state index is 0.373. The van der Waals surface area contributed by atoms with Crippen molar-refractivity contribution in [1.29, 1.82) is 0 Å². The Morgan fingerprint density at radius 1 is 1.17 bits per heavy atom. The number of carbonyl (C=O) groups is 2. The largest absolute Gasteiger partial charge is 0.488 e. The summed E-state index contributed by atoms with van der Waals surface area (Å²) in [6.07, 6.45) is 0. The van der Waals surface area contributed by atoms with Gasteiger partial charge in [0.25, 0.3) is 5.91 Å². The van der Waals surface area contributed by atoms with Crippen molar-refractivity contribution in [2.75, 3.05) is 18.1 Å². The third kappa shape index (κ3) is 3.86. The van der Waals surface area contributed by atoms with E-state index < -0.39 is 5.97 Å². The van der Waals surface area contributed by atoms with Crippen LogP contribution in [0, 0.1) is 5.82 Å². The van der Waals surface area contributed by atoms with Crippen LogP contribution >= 0.6 is 11.3 Å². The number of nitrogens with zero attached hydrogens (tertiary/aromatic N) is 1. The van der Waals surface area contributed by atoms with Gasteiger partial charge in [-0.3, -0.25) is 4.79 Å². The van der Waals surface area contributed by atoms with Crippen LogP contribution in [0.25, 0.3) is 10.4 Å². The number of para-hydroxylation sites is 1. The number of hydrogen-bond donors (Lipinski definition) is 0. The minimum Gasteiger partial charge on any atom is -0.488 e. The Labute approximate surface area is 171 Å². The van der Waals surface area contributed by atoms with Crippen LogP contribution in [0.3, 0.4) is 0 Å². The molecule has 0 spiro atoms. The summed E-state index contributed by atoms with van der Waals surface area (Å²) in [6.45, 7) is 2.18. The Morgan fingerprint density at radius 2 is 1.93 bits per heavy atom. The number of ether oxygens (including phenoxy) is 2. The molecule has 7 heteroatoms. The van der Waals surface area contributed by atoms with Crippen LogP contribution in [0.4, 0.5) is 10.1 Å². The zero-order chi connectivity index (χ0) is 20.4. The van der Waals surface area contributed by atoms with Gasteiger partial charge in [-0.2, -0.15) is 0 Å². The molecule has 148 valence electrons. The monoisotopic (exact) mass is 411 g/mol. The van der Waals surface area contributed by atoms with Gasteiger partial charge >= 0.3 is 5.97 Å². The lowest BCUT2D eigenvalue weighted by Gasteiger charge is -2.20. The van der Waals surface area contributed by atoms with E-state index in [9.17, 15) is 14.0 Å². The predicted molar refractivity (Wildman–Crippen MR) is 109 cm³/mol. The summed E-state index contributed by atoms with van der Waals surface area (Å²) in [5, 5.41) is 0. The third-order valence-corrected chi connectivity index (χ3v) is 5.80. The first-order valence-electron chi connectivity index (χ1n) is 9.14. The van der Waals surface area contributed by atoms with Crippen molar-refractivity contribution in [2.45, 2.75) is 13.5 Å². The van der Waals surface area contributed by atoms with Crippen LogP contribution < -0.4 is 9.64 Å². The molecule has 0 N–H and O–H groups in total. The first-order valence-corrected chi connectivity index (χ1v) is 9.96. The van der Waals surface area contributed by atoms with E-state index in [1.54, 1.807) is 13.0 Å². The number of esters is 1. The molecular weight excluding hydrogens is 393 g/mol. The molecule has 0 saturated carbocycles. The SMILES string of the molecule is CCN(C(=O)COC(=O)c1cc2c(s1)-c1ccccc1OC2)c1ccc(F)cc1. The van der Waals surface area contributed by atoms with Gasteiger partial charge in [0.1, 0.15) is 23.1 Å². The molecule has 5 nitrogen and oxygen atoms in total. The van der Waals surface area contributed by atoms with Crippen molar-refractivity contribution < 1.29 is 23.5 Å². The highest BCUT2D eigenvalue weighted by atomic mass is 32.1. The summed E-state index contributed by atoms with van der Waals surface area (Å²) in [6, 6.07) is 15.0. The molecule has 0 fully saturated rings. The van der Waals surface area contributed by atoms with Gasteiger partial charge in [0.2, 0.25) is 0 Å². The molecule has 0 radical (unpaired) electrons. The van der Waals surface area contributed by atoms with Crippen LogP contribution in [-0.4, -0.2) is 25.0 Å². The lowest BCUT2D eigenvalue weighted by atomic mass is 10.1. The standard InChI is InChI=1S/C22H18FNO4S/c1-2-24(16-9-7-15(23)8-10-16)20(25)13-28-22(26)19-11-14-12-27-18-6-4-3-5-17(18)21(14)29-19/h3-11H,2,12-13H2,1H3. The molecular formula is C22H18FNO4S. The van der Waals surface area contributed by atoms with Gasteiger partial charge in [0, 0.05) is 28.2 Å². The molecule has 1 aromatic heterocycles. The number of amides is 1. The molecule has 0 unspecified atom stereocenters. The molecule has 0 bridgehead atoms. The predicted octanol–water partition coefficient (Wildman–Crippen LogP) is 4.66. The second-order valence-corrected chi connectivity index (χ2v) is 7.49. The zero-order valence-corrected chi connectivity index (χ0v) is 16.5. The second kappa shape index (κ2) is 8.05. The summed E-state index contributed by atoms with van der Waals surface area (Å²) < 4.78 is 24.1. The van der Waals surface area contributed by atoms with E-state index >= 15 is 0 Å². The van der Waals surface area contributed by atoms with E-state index in [1.807, 2.05) is 24.3 Å². The summed E-state index contributed by atoms with van der Waals surface area (Å²) in [5.74, 6) is -0.515. The molecule has 1 aliphatic rings. The maximum atomic E-state index is 13.1. The van der Waals surface area contributed by atoms with E-state index in [0.717, 1.165) is 21.8 Å². The Morgan fingerprint density at radius 3 is 2.69 bits per heavy atom. The lowest BCUT2D eigenvalue weighted by molar-refractivity contribution is -0.121. The Hall–Kier alpha value is -3.19. The van der Waals surface area contributed by atoms with Crippen LogP contribution in [0.5, 0.6) is 5.75 Å². The third-order valence-electron chi connectivity index (χ3n) is 4.61. The molecule has 29 heavy (non-hydrogen) atoms. The zero-order valence-electron chi connectivity index (χ0n) is 15.7. The molecule has 4 rings (SSSR count). The normalized spacial score (nSPS) is 11.8. The number of halogens is 1. The average Bonchev–Trinajstić information content (AvgIpc) is 3.19. The summed E-state index contributed by atoms with van der Waals surface area (Å²) in [7, 11) is 0. The van der Waals surface area contributed by atoms with Crippen LogP contribution in [0.1, 0.15) is 22.2 Å². The fourth-order valence-corrected chi connectivity index (χ4v) is 4.29. The van der Waals surface area contributed by atoms with E-state index in [-0.39, 0.29) is 18.3 Å². The number of benzene rings is 2. The number of anilines is 1. The topological polar surface area (TPSA) is 55.8 Å². The van der Waals surface area contributed by atoms with Gasteiger partial charge in [-0.25, -0.2) is 9.18 Å². The Kier molecular flexibility index (Phi) is 5.31. The number of thiophene rings is 1. The molecule has 1 amide bonds. The van der Waals surface area contributed by atoms with Crippen molar-refractivity contribution in [3.8, 4) is 16.2 Å². The Bertz CT molecular complexity index is 1060. The van der Waals surface area contributed by atoms with E-state index in [4.69, 9.17) is 9.47 Å². The molecule has 0 aliphatic carbocycles. The molecule has 0 atom stereocenters. The summed E-state index contributed by atoms with van der Waals surface area (Å²) in [4.78, 5) is 27.8. The number of hydrogen-bond acceptors (Lipinski definition) is 5. The summed E-state index contributed by atoms with van der Waals surface area (Å²) >= 11 is 1.33. The van der Waals surface area contributed by atoms with Gasteiger partial charge in [0.15, 0.2) is 6.61 Å². The van der Waals surface area contributed by atoms with E-state index in [1.165, 1.54) is 40.5 Å². The van der Waals surface area contributed by atoms with E-state index in [0.29, 0.717) is 23.7 Å². The Balaban J connectivity index is 1.45. The van der Waals surface area contributed by atoms with E-state index in [2.05, 4.69) is 0 Å². The molecule has 2 heterocycles. The fraction of sp³-hybridized carbons (Fsp3) is 0.182. The second-order valence-electron chi connectivity index (χ2n) is 6.44. The number of likely N-dealkylation sites (N-methyl/N-ethyl adjacent to an activating group) is 1. The van der Waals surface area contributed by atoms with Crippen LogP contribution in [-0.2, 0) is 16.1 Å². The van der Waals surface area contributed by atoms with Crippen LogP contribution in [0.15, 0.2) is 54.6 Å². The fourth-order valence-electron chi connectivity index (χ4n) is 3.20. The highest BCUT2D eigenvalue weighted by Crippen LogP contribution is 2.42. The van der Waals surface area contributed by atoms with Crippen molar-refractivity contribution in [3.63, 3.8) is 0 Å². The minimum atomic E-state index is -0.551. The van der Waals surface area contributed by atoms with Gasteiger partial charge in [-0.05, 0) is 49.4 Å². The van der Waals surface area contributed by atoms with Crippen LogP contribution in [0.2, 0.25) is 0 Å². The molecule has 2 aromatic carbocycles. The van der Waals surface area contributed by atoms with Gasteiger partial charge in [-0.15, -0.1) is 11.3 Å². The van der Waals surface area contributed by atoms with Crippen molar-refractivity contribution >= 4 is 28.9 Å². The van der Waals surface area contributed by atoms with Crippen molar-refractivity contribution in [3.05, 3.63) is 70.9 Å². The molecule has 3 aromatic rings. The van der Waals surface area contributed by atoms with Gasteiger partial charge in [0.05, 0.1) is 0 Å². The maximum Gasteiger partial charge on any atom is 0.348 e. The number of fused-ring (bicyclic) bond motifs is 3. The molecule has 1 aliphatic heterocycles. The average molecular weight is 411 g/mol. The molecule has 0 saturated heterocycles. The number of carbonyl (C=O) groups excluding carboxylic acids is 2. The highest BCUT2D eigenvalue weighted by molar-refractivity contribution is 7.17. The first-order chi connectivity index (χ1) is 14.1. The van der Waals surface area contributed by atoms with Gasteiger partial charge in [-0.1, -0.05) is 12.1 Å². The smallest absolute Gasteiger partial charge is 0.348 e. The number of rotatable bonds is 5. The highest BCUT2D eigenvalue weighted by Gasteiger charge is 2.24. The van der Waals surface area contributed by atoms with Crippen molar-refractivity contribution in [2.24, 2.45) is 0 Å². The summed E-state index contributed by atoms with van der Waals surface area (Å²) in [5.41, 5.74) is 2.42. The first kappa shape index (κ1) is 19.1. The van der Waals surface area contributed by atoms with Gasteiger partial charge < -0.3 is 14.4 Å².